The molecular weight excluding hydrogens is 304 g/mol. The van der Waals surface area contributed by atoms with Gasteiger partial charge in [-0.2, -0.15) is 0 Å². The fraction of sp³-hybridized carbons (Fsp3) is 0.350. The summed E-state index contributed by atoms with van der Waals surface area (Å²) in [6, 6.07) is 13.9. The number of thiophene rings is 1. The van der Waals surface area contributed by atoms with Gasteiger partial charge < -0.3 is 5.11 Å². The van der Waals surface area contributed by atoms with E-state index < -0.39 is 6.10 Å². The molecule has 3 heteroatoms. The maximum absolute atomic E-state index is 12.2. The summed E-state index contributed by atoms with van der Waals surface area (Å²) in [6.45, 7) is 0. The summed E-state index contributed by atoms with van der Waals surface area (Å²) < 4.78 is 0. The molecule has 23 heavy (non-hydrogen) atoms. The largest absolute Gasteiger partial charge is 0.391 e. The van der Waals surface area contributed by atoms with Crippen molar-refractivity contribution in [3.8, 4) is 11.8 Å². The lowest BCUT2D eigenvalue weighted by Gasteiger charge is -2.15. The van der Waals surface area contributed by atoms with Gasteiger partial charge in [0.15, 0.2) is 0 Å². The van der Waals surface area contributed by atoms with Gasteiger partial charge in [0.05, 0.1) is 12.0 Å². The van der Waals surface area contributed by atoms with Gasteiger partial charge in [-0.05, 0) is 42.8 Å². The Labute approximate surface area is 141 Å². The summed E-state index contributed by atoms with van der Waals surface area (Å²) in [5, 5.41) is 12.2. The Morgan fingerprint density at radius 2 is 2.00 bits per heavy atom. The monoisotopic (exact) mass is 324 g/mol. The van der Waals surface area contributed by atoms with E-state index in [-0.39, 0.29) is 24.0 Å². The van der Waals surface area contributed by atoms with Gasteiger partial charge in [-0.15, -0.1) is 11.3 Å². The van der Waals surface area contributed by atoms with E-state index >= 15 is 0 Å². The SMILES string of the molecule is O=C1C[C@@H](O)[C@H](C#Cc2ccccc2)[C@@H]1CCCc1cccs1. The van der Waals surface area contributed by atoms with Crippen molar-refractivity contribution in [3.05, 3.63) is 58.3 Å². The molecule has 0 spiro atoms. The molecule has 0 saturated heterocycles. The van der Waals surface area contributed by atoms with E-state index in [4.69, 9.17) is 0 Å². The first kappa shape index (κ1) is 16.0. The molecular formula is C20H20O2S. The van der Waals surface area contributed by atoms with Crippen LogP contribution in [0.5, 0.6) is 0 Å². The standard InChI is InChI=1S/C20H20O2S/c21-19-14-20(22)18(12-11-15-6-2-1-3-7-15)17(19)10-4-8-16-9-5-13-23-16/h1-3,5-7,9,13,17-18,20,22H,4,8,10,14H2/t17-,18+,20+/m0/s1. The van der Waals surface area contributed by atoms with Crippen LogP contribution in [-0.2, 0) is 11.2 Å². The van der Waals surface area contributed by atoms with E-state index in [0.29, 0.717) is 0 Å². The first-order chi connectivity index (χ1) is 11.2. The third-order valence-corrected chi connectivity index (χ3v) is 5.28. The van der Waals surface area contributed by atoms with Crippen LogP contribution in [0.2, 0.25) is 0 Å². The zero-order valence-electron chi connectivity index (χ0n) is 12.9. The number of hydrogen-bond acceptors (Lipinski definition) is 3. The van der Waals surface area contributed by atoms with Crippen molar-refractivity contribution < 1.29 is 9.90 Å². The Hall–Kier alpha value is -1.89. The highest BCUT2D eigenvalue weighted by Gasteiger charge is 2.40. The molecule has 0 amide bonds. The van der Waals surface area contributed by atoms with Gasteiger partial charge in [0, 0.05) is 22.8 Å². The molecule has 2 aromatic rings. The highest BCUT2D eigenvalue weighted by atomic mass is 32.1. The Balaban J connectivity index is 1.64. The molecule has 118 valence electrons. The lowest BCUT2D eigenvalue weighted by Crippen LogP contribution is -2.19. The fourth-order valence-electron chi connectivity index (χ4n) is 3.13. The van der Waals surface area contributed by atoms with Crippen LogP contribution in [-0.4, -0.2) is 17.0 Å². The average Bonchev–Trinajstić information content (AvgIpc) is 3.16. The molecule has 0 unspecified atom stereocenters. The van der Waals surface area contributed by atoms with E-state index in [1.165, 1.54) is 4.88 Å². The van der Waals surface area contributed by atoms with E-state index in [9.17, 15) is 9.90 Å². The van der Waals surface area contributed by atoms with Gasteiger partial charge in [-0.25, -0.2) is 0 Å². The molecule has 0 bridgehead atoms. The number of rotatable bonds is 4. The third kappa shape index (κ3) is 4.10. The molecule has 1 aliphatic carbocycles. The maximum Gasteiger partial charge on any atom is 0.139 e. The first-order valence-electron chi connectivity index (χ1n) is 8.04. The second kappa shape index (κ2) is 7.59. The third-order valence-electron chi connectivity index (χ3n) is 4.35. The van der Waals surface area contributed by atoms with E-state index in [0.717, 1.165) is 24.8 Å². The van der Waals surface area contributed by atoms with Gasteiger partial charge in [0.25, 0.3) is 0 Å². The number of aliphatic hydroxyl groups is 1. The summed E-state index contributed by atoms with van der Waals surface area (Å²) >= 11 is 1.75. The van der Waals surface area contributed by atoms with Gasteiger partial charge in [-0.1, -0.05) is 36.1 Å². The molecule has 1 heterocycles. The summed E-state index contributed by atoms with van der Waals surface area (Å²) in [7, 11) is 0. The second-order valence-electron chi connectivity index (χ2n) is 5.98. The van der Waals surface area contributed by atoms with Crippen molar-refractivity contribution in [2.24, 2.45) is 11.8 Å². The van der Waals surface area contributed by atoms with Crippen LogP contribution >= 0.6 is 11.3 Å². The van der Waals surface area contributed by atoms with Crippen LogP contribution in [0.4, 0.5) is 0 Å². The molecule has 1 N–H and O–H groups in total. The molecule has 0 radical (unpaired) electrons. The molecule has 1 aliphatic rings. The quantitative estimate of drug-likeness (QED) is 0.871. The first-order valence-corrected chi connectivity index (χ1v) is 8.92. The predicted octanol–water partition coefficient (Wildman–Crippen LogP) is 3.69. The van der Waals surface area contributed by atoms with Crippen molar-refractivity contribution in [2.45, 2.75) is 31.8 Å². The maximum atomic E-state index is 12.2. The number of carbonyl (C=O) groups is 1. The van der Waals surface area contributed by atoms with Gasteiger partial charge >= 0.3 is 0 Å². The normalized spacial score (nSPS) is 23.5. The Morgan fingerprint density at radius 1 is 1.17 bits per heavy atom. The van der Waals surface area contributed by atoms with Crippen LogP contribution in [0.1, 0.15) is 29.7 Å². The molecule has 1 aromatic heterocycles. The Kier molecular flexibility index (Phi) is 5.27. The number of carbonyl (C=O) groups excluding carboxylic acids is 1. The zero-order chi connectivity index (χ0) is 16.1. The van der Waals surface area contributed by atoms with Crippen molar-refractivity contribution in [2.75, 3.05) is 0 Å². The predicted molar refractivity (Wildman–Crippen MR) is 93.2 cm³/mol. The van der Waals surface area contributed by atoms with Crippen LogP contribution in [0.25, 0.3) is 0 Å². The van der Waals surface area contributed by atoms with Crippen LogP contribution in [0.3, 0.4) is 0 Å². The summed E-state index contributed by atoms with van der Waals surface area (Å²) in [5.74, 6) is 6.07. The molecule has 1 aromatic carbocycles. The van der Waals surface area contributed by atoms with E-state index in [1.54, 1.807) is 11.3 Å². The number of Topliss-reactive ketones (excluding diaryl/α,β-unsaturated/α-hetero) is 1. The number of aliphatic hydroxyl groups excluding tert-OH is 1. The Morgan fingerprint density at radius 3 is 2.74 bits per heavy atom. The van der Waals surface area contributed by atoms with Crippen molar-refractivity contribution in [1.29, 1.82) is 0 Å². The molecule has 1 fully saturated rings. The number of benzene rings is 1. The minimum Gasteiger partial charge on any atom is -0.391 e. The zero-order valence-corrected chi connectivity index (χ0v) is 13.8. The summed E-state index contributed by atoms with van der Waals surface area (Å²) in [5.41, 5.74) is 0.927. The number of aryl methyl sites for hydroxylation is 1. The minimum atomic E-state index is -0.620. The highest BCUT2D eigenvalue weighted by Crippen LogP contribution is 2.33. The molecule has 1 saturated carbocycles. The topological polar surface area (TPSA) is 37.3 Å². The molecule has 2 nitrogen and oxygen atoms in total. The lowest BCUT2D eigenvalue weighted by molar-refractivity contribution is -0.121. The summed E-state index contributed by atoms with van der Waals surface area (Å²) in [6.07, 6.45) is 2.40. The smallest absolute Gasteiger partial charge is 0.139 e. The van der Waals surface area contributed by atoms with Gasteiger partial charge in [-0.3, -0.25) is 4.79 Å². The van der Waals surface area contributed by atoms with Gasteiger partial charge in [0.1, 0.15) is 5.78 Å². The molecule has 0 aliphatic heterocycles. The lowest BCUT2D eigenvalue weighted by atomic mass is 9.89. The average molecular weight is 324 g/mol. The molecule has 3 atom stereocenters. The second-order valence-corrected chi connectivity index (χ2v) is 7.01. The summed E-state index contributed by atoms with van der Waals surface area (Å²) in [4.78, 5) is 13.5. The van der Waals surface area contributed by atoms with Crippen molar-refractivity contribution in [1.82, 2.24) is 0 Å². The van der Waals surface area contributed by atoms with Crippen molar-refractivity contribution >= 4 is 17.1 Å². The van der Waals surface area contributed by atoms with E-state index in [2.05, 4.69) is 29.4 Å². The highest BCUT2D eigenvalue weighted by molar-refractivity contribution is 7.09. The minimum absolute atomic E-state index is 0.124. The molecule has 3 rings (SSSR count). The van der Waals surface area contributed by atoms with Crippen LogP contribution in [0, 0.1) is 23.7 Å². The fourth-order valence-corrected chi connectivity index (χ4v) is 3.88. The number of hydrogen-bond donors (Lipinski definition) is 1. The van der Waals surface area contributed by atoms with Gasteiger partial charge in [0.2, 0.25) is 0 Å². The van der Waals surface area contributed by atoms with Crippen LogP contribution < -0.4 is 0 Å². The van der Waals surface area contributed by atoms with Crippen molar-refractivity contribution in [3.63, 3.8) is 0 Å². The van der Waals surface area contributed by atoms with E-state index in [1.807, 2.05) is 30.3 Å². The Bertz CT molecular complexity index is 694. The number of ketones is 1. The van der Waals surface area contributed by atoms with Crippen LogP contribution in [0.15, 0.2) is 47.8 Å².